The molecule has 1 atom stereocenters. The van der Waals surface area contributed by atoms with E-state index in [9.17, 15) is 10.2 Å². The highest BCUT2D eigenvalue weighted by Gasteiger charge is 2.36. The summed E-state index contributed by atoms with van der Waals surface area (Å²) in [6.07, 6.45) is 5.96. The quantitative estimate of drug-likeness (QED) is 0.767. The van der Waals surface area contributed by atoms with Crippen molar-refractivity contribution in [2.24, 2.45) is 0 Å². The Labute approximate surface area is 113 Å². The summed E-state index contributed by atoms with van der Waals surface area (Å²) in [5.41, 5.74) is 0.591. The predicted octanol–water partition coefficient (Wildman–Crippen LogP) is 3.03. The van der Waals surface area contributed by atoms with E-state index in [0.29, 0.717) is 10.3 Å². The summed E-state index contributed by atoms with van der Waals surface area (Å²) in [6, 6.07) is 4.83. The lowest BCUT2D eigenvalue weighted by molar-refractivity contribution is 0.329. The van der Waals surface area contributed by atoms with Crippen molar-refractivity contribution >= 4 is 11.8 Å². The van der Waals surface area contributed by atoms with Gasteiger partial charge >= 0.3 is 0 Å². The van der Waals surface area contributed by atoms with Gasteiger partial charge in [0.25, 0.3) is 0 Å². The molecule has 2 rings (SSSR count). The molecule has 100 valence electrons. The molecule has 1 unspecified atom stereocenters. The maximum Gasteiger partial charge on any atom is 0.124 e. The molecular formula is C14H21NO2S. The number of nitrogens with one attached hydrogen (secondary N) is 1. The van der Waals surface area contributed by atoms with Gasteiger partial charge in [-0.15, -0.1) is 0 Å². The second kappa shape index (κ2) is 5.41. The van der Waals surface area contributed by atoms with Gasteiger partial charge in [-0.1, -0.05) is 12.5 Å². The van der Waals surface area contributed by atoms with E-state index < -0.39 is 0 Å². The lowest BCUT2D eigenvalue weighted by Crippen LogP contribution is -2.44. The summed E-state index contributed by atoms with van der Waals surface area (Å²) in [7, 11) is 0. The molecule has 0 spiro atoms. The van der Waals surface area contributed by atoms with Crippen molar-refractivity contribution in [3.05, 3.63) is 23.8 Å². The number of phenolic OH excluding ortho intramolecular Hbond substituents is 2. The SMILES string of the molecule is CSC1(CNC(C)c2c(O)cccc2O)CCC1. The first-order valence-corrected chi connectivity index (χ1v) is 7.60. The van der Waals surface area contributed by atoms with Crippen molar-refractivity contribution in [2.75, 3.05) is 12.8 Å². The third kappa shape index (κ3) is 2.59. The Morgan fingerprint density at radius 3 is 2.39 bits per heavy atom. The molecule has 0 aliphatic heterocycles. The van der Waals surface area contributed by atoms with Gasteiger partial charge in [0, 0.05) is 17.3 Å². The van der Waals surface area contributed by atoms with E-state index in [1.807, 2.05) is 18.7 Å². The van der Waals surface area contributed by atoms with E-state index in [2.05, 4.69) is 11.6 Å². The van der Waals surface area contributed by atoms with Crippen molar-refractivity contribution in [2.45, 2.75) is 37.0 Å². The molecule has 1 fully saturated rings. The number of hydrogen-bond acceptors (Lipinski definition) is 4. The second-order valence-corrected chi connectivity index (χ2v) is 6.33. The van der Waals surface area contributed by atoms with Crippen LogP contribution in [0.3, 0.4) is 0 Å². The van der Waals surface area contributed by atoms with Crippen LogP contribution >= 0.6 is 11.8 Å². The summed E-state index contributed by atoms with van der Waals surface area (Å²) in [5.74, 6) is 0.309. The Bertz CT molecular complexity index is 392. The Morgan fingerprint density at radius 1 is 1.33 bits per heavy atom. The van der Waals surface area contributed by atoms with Gasteiger partial charge in [-0.25, -0.2) is 0 Å². The smallest absolute Gasteiger partial charge is 0.124 e. The fourth-order valence-electron chi connectivity index (χ4n) is 2.45. The minimum Gasteiger partial charge on any atom is -0.507 e. The molecule has 1 aliphatic rings. The van der Waals surface area contributed by atoms with Crippen LogP contribution in [-0.4, -0.2) is 27.8 Å². The summed E-state index contributed by atoms with van der Waals surface area (Å²) >= 11 is 1.92. The van der Waals surface area contributed by atoms with Gasteiger partial charge in [0.2, 0.25) is 0 Å². The number of rotatable bonds is 5. The number of phenols is 2. The van der Waals surface area contributed by atoms with Crippen molar-refractivity contribution in [3.8, 4) is 11.5 Å². The number of hydrogen-bond donors (Lipinski definition) is 3. The van der Waals surface area contributed by atoms with Gasteiger partial charge in [0.05, 0.1) is 5.56 Å². The minimum absolute atomic E-state index is 0.0455. The van der Waals surface area contributed by atoms with Crippen LogP contribution in [0.25, 0.3) is 0 Å². The first-order valence-electron chi connectivity index (χ1n) is 6.37. The fourth-order valence-corrected chi connectivity index (χ4v) is 3.37. The molecule has 3 N–H and O–H groups in total. The van der Waals surface area contributed by atoms with E-state index in [1.165, 1.54) is 19.3 Å². The average molecular weight is 267 g/mol. The maximum absolute atomic E-state index is 9.81. The molecule has 0 saturated heterocycles. The van der Waals surface area contributed by atoms with Gasteiger partial charge in [0.1, 0.15) is 11.5 Å². The lowest BCUT2D eigenvalue weighted by Gasteiger charge is -2.41. The number of benzene rings is 1. The highest BCUT2D eigenvalue weighted by molar-refractivity contribution is 8.00. The van der Waals surface area contributed by atoms with Crippen LogP contribution < -0.4 is 5.32 Å². The molecule has 1 aliphatic carbocycles. The maximum atomic E-state index is 9.81. The molecule has 0 amide bonds. The molecule has 18 heavy (non-hydrogen) atoms. The molecule has 1 aromatic rings. The van der Waals surface area contributed by atoms with Gasteiger partial charge in [-0.05, 0) is 38.2 Å². The van der Waals surface area contributed by atoms with Crippen molar-refractivity contribution in [1.82, 2.24) is 5.32 Å². The molecule has 0 heterocycles. The molecule has 4 heteroatoms. The van der Waals surface area contributed by atoms with Crippen LogP contribution in [0, 0.1) is 0 Å². The first-order chi connectivity index (χ1) is 8.58. The second-order valence-electron chi connectivity index (χ2n) is 5.05. The van der Waals surface area contributed by atoms with E-state index in [1.54, 1.807) is 18.2 Å². The van der Waals surface area contributed by atoms with E-state index >= 15 is 0 Å². The zero-order chi connectivity index (χ0) is 13.2. The number of aromatic hydroxyl groups is 2. The van der Waals surface area contributed by atoms with Crippen LogP contribution in [0.5, 0.6) is 11.5 Å². The summed E-state index contributed by atoms with van der Waals surface area (Å²) in [5, 5.41) is 23.1. The molecule has 1 saturated carbocycles. The predicted molar refractivity (Wildman–Crippen MR) is 76.3 cm³/mol. The van der Waals surface area contributed by atoms with E-state index in [4.69, 9.17) is 0 Å². The molecule has 0 radical (unpaired) electrons. The Kier molecular flexibility index (Phi) is 4.07. The zero-order valence-electron chi connectivity index (χ0n) is 10.9. The normalized spacial score (nSPS) is 19.2. The lowest BCUT2D eigenvalue weighted by atomic mass is 9.84. The van der Waals surface area contributed by atoms with Gasteiger partial charge in [-0.2, -0.15) is 11.8 Å². The molecular weight excluding hydrogens is 246 g/mol. The Morgan fingerprint density at radius 2 is 1.94 bits per heavy atom. The van der Waals surface area contributed by atoms with Gasteiger partial charge < -0.3 is 15.5 Å². The topological polar surface area (TPSA) is 52.5 Å². The monoisotopic (exact) mass is 267 g/mol. The standard InChI is InChI=1S/C14H21NO2S/c1-10(13-11(16)5-3-6-12(13)17)15-9-14(18-2)7-4-8-14/h3,5-6,10,15-17H,4,7-9H2,1-2H3. The number of thioether (sulfide) groups is 1. The zero-order valence-corrected chi connectivity index (χ0v) is 11.8. The highest BCUT2D eigenvalue weighted by atomic mass is 32.2. The third-order valence-corrected chi connectivity index (χ3v) is 5.34. The van der Waals surface area contributed by atoms with Gasteiger partial charge in [0.15, 0.2) is 0 Å². The van der Waals surface area contributed by atoms with Crippen LogP contribution in [0.1, 0.15) is 37.8 Å². The Balaban J connectivity index is 2.01. The van der Waals surface area contributed by atoms with Crippen molar-refractivity contribution < 1.29 is 10.2 Å². The third-order valence-electron chi connectivity index (χ3n) is 3.92. The molecule has 1 aromatic carbocycles. The van der Waals surface area contributed by atoms with Crippen LogP contribution in [0.15, 0.2) is 18.2 Å². The molecule has 0 aromatic heterocycles. The van der Waals surface area contributed by atoms with Crippen molar-refractivity contribution in [3.63, 3.8) is 0 Å². The Hall–Kier alpha value is -0.870. The summed E-state index contributed by atoms with van der Waals surface area (Å²) in [6.45, 7) is 2.89. The van der Waals surface area contributed by atoms with Crippen LogP contribution in [0.2, 0.25) is 0 Å². The largest absolute Gasteiger partial charge is 0.507 e. The van der Waals surface area contributed by atoms with Crippen molar-refractivity contribution in [1.29, 1.82) is 0 Å². The van der Waals surface area contributed by atoms with E-state index in [0.717, 1.165) is 6.54 Å². The van der Waals surface area contributed by atoms with Crippen LogP contribution in [0.4, 0.5) is 0 Å². The molecule has 3 nitrogen and oxygen atoms in total. The average Bonchev–Trinajstić information content (AvgIpc) is 2.28. The molecule has 0 bridgehead atoms. The van der Waals surface area contributed by atoms with E-state index in [-0.39, 0.29) is 17.5 Å². The first kappa shape index (κ1) is 13.6. The minimum atomic E-state index is -0.0455. The van der Waals surface area contributed by atoms with Gasteiger partial charge in [-0.3, -0.25) is 0 Å². The summed E-state index contributed by atoms with van der Waals surface area (Å²) < 4.78 is 0.355. The summed E-state index contributed by atoms with van der Waals surface area (Å²) in [4.78, 5) is 0. The highest BCUT2D eigenvalue weighted by Crippen LogP contribution is 2.43. The fraction of sp³-hybridized carbons (Fsp3) is 0.571. The van der Waals surface area contributed by atoms with Crippen LogP contribution in [-0.2, 0) is 0 Å².